The van der Waals surface area contributed by atoms with Gasteiger partial charge in [0.2, 0.25) is 12.0 Å². The number of esters is 1. The maximum Gasteiger partial charge on any atom is 0.345 e. The van der Waals surface area contributed by atoms with E-state index in [4.69, 9.17) is 0 Å². The zero-order valence-electron chi connectivity index (χ0n) is 8.85. The highest BCUT2D eigenvalue weighted by Gasteiger charge is 2.31. The molecule has 0 aliphatic carbocycles. The third-order valence-electron chi connectivity index (χ3n) is 1.97. The van der Waals surface area contributed by atoms with Crippen LogP contribution in [-0.4, -0.2) is 17.5 Å². The molecular formula is C10H9F2NO4. The number of carbonyl (C=O) groups is 1. The number of hydrogen-bond donors (Lipinski definition) is 0. The zero-order chi connectivity index (χ0) is 13.0. The number of halogens is 2. The molecule has 0 heterocycles. The topological polar surface area (TPSA) is 69.4 Å². The lowest BCUT2D eigenvalue weighted by molar-refractivity contribution is -0.388. The van der Waals surface area contributed by atoms with E-state index in [2.05, 4.69) is 4.74 Å². The second-order valence-electron chi connectivity index (χ2n) is 3.05. The van der Waals surface area contributed by atoms with E-state index in [9.17, 15) is 23.7 Å². The molecular weight excluding hydrogens is 236 g/mol. The van der Waals surface area contributed by atoms with Gasteiger partial charge < -0.3 is 4.74 Å². The zero-order valence-corrected chi connectivity index (χ0v) is 8.85. The van der Waals surface area contributed by atoms with Crippen LogP contribution in [0.1, 0.15) is 18.7 Å². The molecule has 0 bridgehead atoms. The van der Waals surface area contributed by atoms with Crippen LogP contribution in [0.3, 0.4) is 0 Å². The van der Waals surface area contributed by atoms with Crippen molar-refractivity contribution >= 4 is 11.7 Å². The first-order valence-electron chi connectivity index (χ1n) is 4.72. The van der Waals surface area contributed by atoms with Crippen LogP contribution in [0.4, 0.5) is 14.5 Å². The summed E-state index contributed by atoms with van der Waals surface area (Å²) in [5, 5.41) is 10.6. The fourth-order valence-corrected chi connectivity index (χ4v) is 1.27. The number of ether oxygens (including phenoxy) is 1. The molecule has 5 nitrogen and oxygen atoms in total. The average Bonchev–Trinajstić information content (AvgIpc) is 2.27. The Hall–Kier alpha value is -2.05. The fraction of sp³-hybridized carbons (Fsp3) is 0.300. The molecule has 1 aromatic carbocycles. The summed E-state index contributed by atoms with van der Waals surface area (Å²) in [5.41, 5.74) is -1.69. The maximum atomic E-state index is 13.6. The SMILES string of the molecule is CCOC(=O)C(F)c1cccc(F)c1[N+](=O)[O-]. The van der Waals surface area contributed by atoms with E-state index >= 15 is 0 Å². The van der Waals surface area contributed by atoms with Crippen LogP contribution in [0.5, 0.6) is 0 Å². The average molecular weight is 245 g/mol. The van der Waals surface area contributed by atoms with Crippen molar-refractivity contribution in [3.8, 4) is 0 Å². The Balaban J connectivity index is 3.17. The minimum absolute atomic E-state index is 0.0671. The smallest absolute Gasteiger partial charge is 0.345 e. The molecule has 0 spiro atoms. The van der Waals surface area contributed by atoms with Gasteiger partial charge in [-0.05, 0) is 19.1 Å². The summed E-state index contributed by atoms with van der Waals surface area (Å²) < 4.78 is 31.1. The van der Waals surface area contributed by atoms with Crippen LogP contribution in [0.2, 0.25) is 0 Å². The Kier molecular flexibility index (Phi) is 4.08. The fourth-order valence-electron chi connectivity index (χ4n) is 1.27. The predicted octanol–water partition coefficient (Wildman–Crippen LogP) is 2.31. The van der Waals surface area contributed by atoms with Gasteiger partial charge in [0.05, 0.1) is 17.1 Å². The molecule has 0 aliphatic heterocycles. The summed E-state index contributed by atoms with van der Waals surface area (Å²) in [6.07, 6.45) is -2.37. The van der Waals surface area contributed by atoms with Crippen molar-refractivity contribution in [1.29, 1.82) is 0 Å². The molecule has 92 valence electrons. The van der Waals surface area contributed by atoms with Gasteiger partial charge in [0, 0.05) is 0 Å². The summed E-state index contributed by atoms with van der Waals surface area (Å²) in [6, 6.07) is 2.88. The molecule has 0 N–H and O–H groups in total. The molecule has 7 heteroatoms. The number of nitro groups is 1. The second kappa shape index (κ2) is 5.33. The van der Waals surface area contributed by atoms with Crippen LogP contribution >= 0.6 is 0 Å². The molecule has 0 aromatic heterocycles. The van der Waals surface area contributed by atoms with E-state index in [-0.39, 0.29) is 6.61 Å². The maximum absolute atomic E-state index is 13.6. The standard InChI is InChI=1S/C10H9F2NO4/c1-2-17-10(14)8(12)6-4-3-5-7(11)9(6)13(15)16/h3-5,8H,2H2,1H3. The highest BCUT2D eigenvalue weighted by Crippen LogP contribution is 2.30. The van der Waals surface area contributed by atoms with Crippen LogP contribution in [-0.2, 0) is 9.53 Å². The molecule has 0 fully saturated rings. The van der Waals surface area contributed by atoms with Crippen molar-refractivity contribution in [1.82, 2.24) is 0 Å². The van der Waals surface area contributed by atoms with Gasteiger partial charge in [-0.3, -0.25) is 10.1 Å². The number of para-hydroxylation sites is 1. The van der Waals surface area contributed by atoms with Crippen LogP contribution in [0.15, 0.2) is 18.2 Å². The highest BCUT2D eigenvalue weighted by atomic mass is 19.1. The lowest BCUT2D eigenvalue weighted by Crippen LogP contribution is -2.14. The van der Waals surface area contributed by atoms with Gasteiger partial charge in [-0.25, -0.2) is 9.18 Å². The molecule has 1 atom stereocenters. The number of hydrogen-bond acceptors (Lipinski definition) is 4. The van der Waals surface area contributed by atoms with Crippen LogP contribution in [0.25, 0.3) is 0 Å². The number of rotatable bonds is 4. The number of nitrogens with zero attached hydrogens (tertiary/aromatic N) is 1. The van der Waals surface area contributed by atoms with Crippen molar-refractivity contribution in [2.45, 2.75) is 13.1 Å². The van der Waals surface area contributed by atoms with Gasteiger partial charge in [0.25, 0.3) is 0 Å². The Morgan fingerprint density at radius 3 is 2.76 bits per heavy atom. The lowest BCUT2D eigenvalue weighted by atomic mass is 10.1. The third-order valence-corrected chi connectivity index (χ3v) is 1.97. The molecule has 0 amide bonds. The Labute approximate surface area is 95.2 Å². The van der Waals surface area contributed by atoms with Gasteiger partial charge in [-0.1, -0.05) is 6.07 Å². The quantitative estimate of drug-likeness (QED) is 0.463. The largest absolute Gasteiger partial charge is 0.464 e. The molecule has 1 aromatic rings. The summed E-state index contributed by atoms with van der Waals surface area (Å²) in [4.78, 5) is 20.6. The molecule has 1 rings (SSSR count). The van der Waals surface area contributed by atoms with Gasteiger partial charge in [-0.15, -0.1) is 0 Å². The van der Waals surface area contributed by atoms with Crippen molar-refractivity contribution < 1.29 is 23.2 Å². The third kappa shape index (κ3) is 2.74. The Morgan fingerprint density at radius 1 is 1.59 bits per heavy atom. The molecule has 0 aliphatic rings. The predicted molar refractivity (Wildman–Crippen MR) is 53.5 cm³/mol. The van der Waals surface area contributed by atoms with E-state index in [1.807, 2.05) is 0 Å². The van der Waals surface area contributed by atoms with E-state index in [0.29, 0.717) is 0 Å². The van der Waals surface area contributed by atoms with Gasteiger partial charge >= 0.3 is 11.7 Å². The van der Waals surface area contributed by atoms with Gasteiger partial charge in [0.1, 0.15) is 0 Å². The Bertz CT molecular complexity index is 450. The summed E-state index contributed by atoms with van der Waals surface area (Å²) >= 11 is 0. The first kappa shape index (κ1) is 13.0. The number of carbonyl (C=O) groups excluding carboxylic acids is 1. The van der Waals surface area contributed by atoms with Gasteiger partial charge in [0.15, 0.2) is 0 Å². The lowest BCUT2D eigenvalue weighted by Gasteiger charge is -2.08. The first-order valence-corrected chi connectivity index (χ1v) is 4.72. The Morgan fingerprint density at radius 2 is 2.24 bits per heavy atom. The number of benzene rings is 1. The second-order valence-corrected chi connectivity index (χ2v) is 3.05. The van der Waals surface area contributed by atoms with E-state index in [1.54, 1.807) is 0 Å². The summed E-state index contributed by atoms with van der Waals surface area (Å²) in [6.45, 7) is 1.40. The van der Waals surface area contributed by atoms with Crippen LogP contribution < -0.4 is 0 Å². The monoisotopic (exact) mass is 245 g/mol. The molecule has 0 radical (unpaired) electrons. The summed E-state index contributed by atoms with van der Waals surface area (Å²) in [5.74, 6) is -2.47. The molecule has 0 saturated carbocycles. The van der Waals surface area contributed by atoms with E-state index < -0.39 is 34.1 Å². The molecule has 0 saturated heterocycles. The minimum atomic E-state index is -2.37. The van der Waals surface area contributed by atoms with Gasteiger partial charge in [-0.2, -0.15) is 4.39 Å². The first-order chi connectivity index (χ1) is 7.99. The molecule has 1 unspecified atom stereocenters. The van der Waals surface area contributed by atoms with Crippen molar-refractivity contribution in [3.05, 3.63) is 39.7 Å². The minimum Gasteiger partial charge on any atom is -0.464 e. The number of alkyl halides is 1. The van der Waals surface area contributed by atoms with Crippen molar-refractivity contribution in [3.63, 3.8) is 0 Å². The highest BCUT2D eigenvalue weighted by molar-refractivity contribution is 5.78. The van der Waals surface area contributed by atoms with Crippen molar-refractivity contribution in [2.75, 3.05) is 6.61 Å². The van der Waals surface area contributed by atoms with E-state index in [1.165, 1.54) is 6.92 Å². The summed E-state index contributed by atoms with van der Waals surface area (Å²) in [7, 11) is 0. The van der Waals surface area contributed by atoms with E-state index in [0.717, 1.165) is 18.2 Å². The normalized spacial score (nSPS) is 11.9. The number of nitro benzene ring substituents is 1. The van der Waals surface area contributed by atoms with Crippen molar-refractivity contribution in [2.24, 2.45) is 0 Å². The van der Waals surface area contributed by atoms with Crippen LogP contribution in [0, 0.1) is 15.9 Å². The molecule has 17 heavy (non-hydrogen) atoms.